The van der Waals surface area contributed by atoms with E-state index in [9.17, 15) is 5.11 Å². The molecule has 168 valence electrons. The van der Waals surface area contributed by atoms with Gasteiger partial charge in [0.25, 0.3) is 0 Å². The molecule has 1 fully saturated rings. The van der Waals surface area contributed by atoms with Crippen molar-refractivity contribution in [1.29, 1.82) is 0 Å². The topological polar surface area (TPSA) is 73.3 Å². The molecule has 0 radical (unpaired) electrons. The molecule has 0 aliphatic carbocycles. The van der Waals surface area contributed by atoms with Crippen molar-refractivity contribution in [3.63, 3.8) is 0 Å². The fraction of sp³-hybridized carbons (Fsp3) is 0.385. The molecule has 2 aromatic carbocycles. The lowest BCUT2D eigenvalue weighted by atomic mass is 10.0. The number of benzene rings is 2. The summed E-state index contributed by atoms with van der Waals surface area (Å²) in [6, 6.07) is 18.6. The van der Waals surface area contributed by atoms with Gasteiger partial charge in [0, 0.05) is 50.5 Å². The molecule has 1 aromatic heterocycles. The molecule has 32 heavy (non-hydrogen) atoms. The second-order valence-electron chi connectivity index (χ2n) is 8.43. The van der Waals surface area contributed by atoms with Gasteiger partial charge in [-0.05, 0) is 48.2 Å². The smallest absolute Gasteiger partial charge is 0.223 e. The van der Waals surface area contributed by atoms with Crippen molar-refractivity contribution in [2.45, 2.75) is 38.8 Å². The van der Waals surface area contributed by atoms with Gasteiger partial charge in [-0.15, -0.1) is 0 Å². The molecule has 4 rings (SSSR count). The number of piperazine rings is 1. The van der Waals surface area contributed by atoms with Crippen LogP contribution in [0.5, 0.6) is 5.75 Å². The van der Waals surface area contributed by atoms with Crippen molar-refractivity contribution in [1.82, 2.24) is 20.2 Å². The molecule has 3 N–H and O–H groups in total. The molecule has 3 aromatic rings. The van der Waals surface area contributed by atoms with E-state index in [1.807, 2.05) is 24.4 Å². The maximum absolute atomic E-state index is 9.41. The highest BCUT2D eigenvalue weighted by molar-refractivity contribution is 5.61. The predicted octanol–water partition coefficient (Wildman–Crippen LogP) is 4.08. The fourth-order valence-electron chi connectivity index (χ4n) is 4.28. The van der Waals surface area contributed by atoms with Crippen molar-refractivity contribution in [3.05, 3.63) is 71.9 Å². The van der Waals surface area contributed by atoms with Crippen LogP contribution in [0.4, 0.5) is 5.95 Å². The monoisotopic (exact) mass is 431 g/mol. The second kappa shape index (κ2) is 11.1. The van der Waals surface area contributed by atoms with E-state index in [4.69, 9.17) is 4.98 Å². The number of phenols is 1. The first kappa shape index (κ1) is 22.2. The van der Waals surface area contributed by atoms with Crippen LogP contribution in [0.25, 0.3) is 11.3 Å². The van der Waals surface area contributed by atoms with Crippen LogP contribution in [0, 0.1) is 0 Å². The van der Waals surface area contributed by atoms with Crippen LogP contribution < -0.4 is 10.6 Å². The largest absolute Gasteiger partial charge is 0.508 e. The van der Waals surface area contributed by atoms with Crippen LogP contribution in [0.2, 0.25) is 0 Å². The van der Waals surface area contributed by atoms with E-state index < -0.39 is 0 Å². The molecule has 6 heteroatoms. The first-order valence-electron chi connectivity index (χ1n) is 11.6. The van der Waals surface area contributed by atoms with Gasteiger partial charge >= 0.3 is 0 Å². The van der Waals surface area contributed by atoms with Gasteiger partial charge < -0.3 is 15.7 Å². The summed E-state index contributed by atoms with van der Waals surface area (Å²) >= 11 is 0. The summed E-state index contributed by atoms with van der Waals surface area (Å²) in [7, 11) is 0. The number of nitrogens with one attached hydrogen (secondary N) is 2. The van der Waals surface area contributed by atoms with E-state index >= 15 is 0 Å². The van der Waals surface area contributed by atoms with Crippen LogP contribution >= 0.6 is 0 Å². The summed E-state index contributed by atoms with van der Waals surface area (Å²) < 4.78 is 0. The number of anilines is 1. The molecular weight excluding hydrogens is 398 g/mol. The average molecular weight is 432 g/mol. The minimum absolute atomic E-state index is 0.290. The fourth-order valence-corrected chi connectivity index (χ4v) is 4.28. The highest BCUT2D eigenvalue weighted by Crippen LogP contribution is 2.21. The Hall–Kier alpha value is -2.96. The molecule has 0 bridgehead atoms. The number of hydrogen-bond donors (Lipinski definition) is 3. The number of hydrogen-bond acceptors (Lipinski definition) is 6. The van der Waals surface area contributed by atoms with Crippen LogP contribution in [-0.2, 0) is 13.0 Å². The maximum Gasteiger partial charge on any atom is 0.223 e. The van der Waals surface area contributed by atoms with Crippen LogP contribution in [0.3, 0.4) is 0 Å². The number of rotatable bonds is 9. The summed E-state index contributed by atoms with van der Waals surface area (Å²) in [4.78, 5) is 11.7. The minimum atomic E-state index is 0.290. The molecule has 1 aliphatic heterocycles. The maximum atomic E-state index is 9.41. The number of phenolic OH excluding ortho intramolecular Hbond substituents is 1. The number of nitrogens with zero attached hydrogens (tertiary/aromatic N) is 3. The summed E-state index contributed by atoms with van der Waals surface area (Å²) in [5.41, 5.74) is 4.53. The predicted molar refractivity (Wildman–Crippen MR) is 130 cm³/mol. The zero-order chi connectivity index (χ0) is 22.2. The quantitative estimate of drug-likeness (QED) is 0.474. The summed E-state index contributed by atoms with van der Waals surface area (Å²) in [6.07, 6.45) is 5.10. The molecule has 0 spiro atoms. The van der Waals surface area contributed by atoms with Gasteiger partial charge in [-0.2, -0.15) is 0 Å². The Kier molecular flexibility index (Phi) is 7.69. The SMILES string of the molecule is CCCC1CNCCN1Cc1cccc(-c2ccnc(NCCc3ccc(O)cc3)n2)c1. The van der Waals surface area contributed by atoms with E-state index in [0.29, 0.717) is 12.0 Å². The van der Waals surface area contributed by atoms with E-state index in [2.05, 4.69) is 51.7 Å². The lowest BCUT2D eigenvalue weighted by Gasteiger charge is -2.36. The van der Waals surface area contributed by atoms with E-state index in [-0.39, 0.29) is 5.75 Å². The third-order valence-electron chi connectivity index (χ3n) is 5.99. The standard InChI is InChI=1S/C26H33N5O/c1-2-4-23-18-27-15-16-31(23)19-21-5-3-6-22(17-21)25-12-14-29-26(30-25)28-13-11-20-7-9-24(32)10-8-20/h3,5-10,12,14,17,23,27,32H,2,4,11,13,15-16,18-19H2,1H3,(H,28,29,30). The molecule has 1 unspecified atom stereocenters. The Morgan fingerprint density at radius 1 is 1.12 bits per heavy atom. The first-order valence-corrected chi connectivity index (χ1v) is 11.6. The first-order chi connectivity index (χ1) is 15.7. The van der Waals surface area contributed by atoms with Gasteiger partial charge in [0.2, 0.25) is 5.95 Å². The lowest BCUT2D eigenvalue weighted by Crippen LogP contribution is -2.50. The highest BCUT2D eigenvalue weighted by atomic mass is 16.3. The lowest BCUT2D eigenvalue weighted by molar-refractivity contribution is 0.144. The number of aromatic hydroxyl groups is 1. The zero-order valence-corrected chi connectivity index (χ0v) is 18.8. The third-order valence-corrected chi connectivity index (χ3v) is 5.99. The highest BCUT2D eigenvalue weighted by Gasteiger charge is 2.21. The van der Waals surface area contributed by atoms with Gasteiger partial charge in [-0.1, -0.05) is 43.7 Å². The van der Waals surface area contributed by atoms with Gasteiger partial charge in [0.05, 0.1) is 5.69 Å². The zero-order valence-electron chi connectivity index (χ0n) is 18.8. The van der Waals surface area contributed by atoms with Crippen molar-refractivity contribution in [2.75, 3.05) is 31.5 Å². The van der Waals surface area contributed by atoms with Gasteiger partial charge in [0.1, 0.15) is 5.75 Å². The van der Waals surface area contributed by atoms with Crippen molar-refractivity contribution < 1.29 is 5.11 Å². The van der Waals surface area contributed by atoms with Crippen LogP contribution in [0.15, 0.2) is 60.8 Å². The van der Waals surface area contributed by atoms with Gasteiger partial charge in [-0.25, -0.2) is 9.97 Å². The minimum Gasteiger partial charge on any atom is -0.508 e. The number of aromatic nitrogens is 2. The molecular formula is C26H33N5O. The molecule has 1 saturated heterocycles. The van der Waals surface area contributed by atoms with Crippen molar-refractivity contribution in [2.24, 2.45) is 0 Å². The Morgan fingerprint density at radius 2 is 2.00 bits per heavy atom. The van der Waals surface area contributed by atoms with Crippen molar-refractivity contribution >= 4 is 5.95 Å². The molecule has 1 aliphatic rings. The Bertz CT molecular complexity index is 990. The molecule has 2 heterocycles. The summed E-state index contributed by atoms with van der Waals surface area (Å²) in [6.45, 7) is 7.21. The normalized spacial score (nSPS) is 16.7. The Labute approximate surface area is 190 Å². The molecule has 1 atom stereocenters. The summed E-state index contributed by atoms with van der Waals surface area (Å²) in [5.74, 6) is 0.926. The molecule has 0 saturated carbocycles. The van der Waals surface area contributed by atoms with E-state index in [1.165, 1.54) is 18.4 Å². The average Bonchev–Trinajstić information content (AvgIpc) is 2.82. The van der Waals surface area contributed by atoms with Gasteiger partial charge in [-0.3, -0.25) is 4.90 Å². The van der Waals surface area contributed by atoms with E-state index in [0.717, 1.165) is 56.0 Å². The van der Waals surface area contributed by atoms with Crippen LogP contribution in [-0.4, -0.2) is 52.2 Å². The summed E-state index contributed by atoms with van der Waals surface area (Å²) in [5, 5.41) is 16.3. The van der Waals surface area contributed by atoms with Gasteiger partial charge in [0.15, 0.2) is 0 Å². The Morgan fingerprint density at radius 3 is 2.84 bits per heavy atom. The van der Waals surface area contributed by atoms with E-state index in [1.54, 1.807) is 12.1 Å². The second-order valence-corrected chi connectivity index (χ2v) is 8.43. The van der Waals surface area contributed by atoms with Crippen LogP contribution in [0.1, 0.15) is 30.9 Å². The third kappa shape index (κ3) is 6.05. The Balaban J connectivity index is 1.39. The molecule has 0 amide bonds. The molecule has 6 nitrogen and oxygen atoms in total. The van der Waals surface area contributed by atoms with Crippen molar-refractivity contribution in [3.8, 4) is 17.0 Å².